The maximum atomic E-state index is 12.0. The Morgan fingerprint density at radius 1 is 1.35 bits per heavy atom. The summed E-state index contributed by atoms with van der Waals surface area (Å²) in [7, 11) is 0. The Balaban J connectivity index is 2.24. The second kappa shape index (κ2) is 4.69. The Morgan fingerprint density at radius 3 is 2.53 bits per heavy atom. The first-order valence-electron chi connectivity index (χ1n) is 5.97. The van der Waals surface area contributed by atoms with Crippen molar-refractivity contribution in [1.82, 2.24) is 4.90 Å². The van der Waals surface area contributed by atoms with Gasteiger partial charge in [-0.15, -0.1) is 11.6 Å². The van der Waals surface area contributed by atoms with E-state index in [1.54, 1.807) is 0 Å². The van der Waals surface area contributed by atoms with E-state index >= 15 is 0 Å². The lowest BCUT2D eigenvalue weighted by Gasteiger charge is -2.36. The molecule has 1 heterocycles. The van der Waals surface area contributed by atoms with Crippen molar-refractivity contribution >= 4 is 17.5 Å². The van der Waals surface area contributed by atoms with E-state index in [0.29, 0.717) is 18.2 Å². The van der Waals surface area contributed by atoms with Crippen LogP contribution in [0.3, 0.4) is 0 Å². The molecule has 1 amide bonds. The van der Waals surface area contributed by atoms with Crippen LogP contribution in [0.4, 0.5) is 0 Å². The lowest BCUT2D eigenvalue weighted by Crippen LogP contribution is -2.42. The van der Waals surface area contributed by atoms with Gasteiger partial charge in [-0.3, -0.25) is 4.79 Å². The van der Waals surface area contributed by atoms with E-state index in [-0.39, 0.29) is 11.4 Å². The highest BCUT2D eigenvalue weighted by molar-refractivity contribution is 6.18. The van der Waals surface area contributed by atoms with Gasteiger partial charge in [-0.1, -0.05) is 30.3 Å². The number of halogens is 1. The van der Waals surface area contributed by atoms with E-state index in [2.05, 4.69) is 26.0 Å². The maximum Gasteiger partial charge on any atom is 0.223 e. The van der Waals surface area contributed by atoms with E-state index in [1.165, 1.54) is 5.56 Å². The molecule has 1 fully saturated rings. The zero-order valence-electron chi connectivity index (χ0n) is 10.3. The average Bonchev–Trinajstić information content (AvgIpc) is 2.72. The number of likely N-dealkylation sites (tertiary alicyclic amines) is 1. The van der Waals surface area contributed by atoms with Crippen LogP contribution >= 0.6 is 11.6 Å². The minimum absolute atomic E-state index is 0.213. The van der Waals surface area contributed by atoms with Gasteiger partial charge >= 0.3 is 0 Å². The van der Waals surface area contributed by atoms with Gasteiger partial charge in [-0.2, -0.15) is 0 Å². The maximum absolute atomic E-state index is 12.0. The standard InChI is InChI=1S/C14H18ClNO/c1-14(2,12-6-4-3-5-7-12)16-10-11(9-15)8-13(16)17/h3-7,11H,8-10H2,1-2H3. The van der Waals surface area contributed by atoms with Crippen LogP contribution < -0.4 is 0 Å². The van der Waals surface area contributed by atoms with E-state index < -0.39 is 0 Å². The van der Waals surface area contributed by atoms with E-state index in [1.807, 2.05) is 23.1 Å². The predicted octanol–water partition coefficient (Wildman–Crippen LogP) is 3.01. The fourth-order valence-electron chi connectivity index (χ4n) is 2.43. The van der Waals surface area contributed by atoms with Crippen molar-refractivity contribution in [3.05, 3.63) is 35.9 Å². The minimum Gasteiger partial charge on any atom is -0.333 e. The van der Waals surface area contributed by atoms with Gasteiger partial charge in [-0.25, -0.2) is 0 Å². The molecular weight excluding hydrogens is 234 g/mol. The summed E-state index contributed by atoms with van der Waals surface area (Å²) in [6, 6.07) is 10.2. The number of hydrogen-bond acceptors (Lipinski definition) is 1. The highest BCUT2D eigenvalue weighted by atomic mass is 35.5. The predicted molar refractivity (Wildman–Crippen MR) is 70.0 cm³/mol. The van der Waals surface area contributed by atoms with Gasteiger partial charge in [0.25, 0.3) is 0 Å². The number of carbonyl (C=O) groups is 1. The van der Waals surface area contributed by atoms with Gasteiger partial charge in [0.2, 0.25) is 5.91 Å². The molecule has 0 N–H and O–H groups in total. The minimum atomic E-state index is -0.251. The fourth-order valence-corrected chi connectivity index (χ4v) is 2.63. The lowest BCUT2D eigenvalue weighted by molar-refractivity contribution is -0.132. The van der Waals surface area contributed by atoms with Crippen molar-refractivity contribution in [2.45, 2.75) is 25.8 Å². The summed E-state index contributed by atoms with van der Waals surface area (Å²) in [5, 5.41) is 0. The van der Waals surface area contributed by atoms with Crippen molar-refractivity contribution in [2.24, 2.45) is 5.92 Å². The van der Waals surface area contributed by atoms with Crippen LogP contribution in [-0.2, 0) is 10.3 Å². The Kier molecular flexibility index (Phi) is 3.43. The molecule has 2 nitrogen and oxygen atoms in total. The molecule has 1 aliphatic rings. The number of alkyl halides is 1. The van der Waals surface area contributed by atoms with Crippen LogP contribution in [0, 0.1) is 5.92 Å². The zero-order valence-corrected chi connectivity index (χ0v) is 11.1. The van der Waals surface area contributed by atoms with Gasteiger partial charge in [0.05, 0.1) is 5.54 Å². The van der Waals surface area contributed by atoms with Crippen molar-refractivity contribution in [1.29, 1.82) is 0 Å². The van der Waals surface area contributed by atoms with Crippen LogP contribution in [0.5, 0.6) is 0 Å². The largest absolute Gasteiger partial charge is 0.333 e. The third kappa shape index (κ3) is 2.32. The first-order chi connectivity index (χ1) is 8.05. The van der Waals surface area contributed by atoms with Crippen LogP contribution in [0.2, 0.25) is 0 Å². The van der Waals surface area contributed by atoms with Crippen molar-refractivity contribution in [2.75, 3.05) is 12.4 Å². The molecule has 2 rings (SSSR count). The quantitative estimate of drug-likeness (QED) is 0.757. The molecule has 1 unspecified atom stereocenters. The molecule has 0 radical (unpaired) electrons. The van der Waals surface area contributed by atoms with E-state index in [0.717, 1.165) is 6.54 Å². The summed E-state index contributed by atoms with van der Waals surface area (Å²) in [6.07, 6.45) is 0.583. The second-order valence-electron chi connectivity index (χ2n) is 5.15. The molecule has 0 bridgehead atoms. The monoisotopic (exact) mass is 251 g/mol. The molecule has 1 aliphatic heterocycles. The lowest BCUT2D eigenvalue weighted by atomic mass is 9.92. The highest BCUT2D eigenvalue weighted by Crippen LogP contribution is 2.33. The fraction of sp³-hybridized carbons (Fsp3) is 0.500. The summed E-state index contributed by atoms with van der Waals surface area (Å²) in [5.74, 6) is 1.07. The number of nitrogens with zero attached hydrogens (tertiary/aromatic N) is 1. The second-order valence-corrected chi connectivity index (χ2v) is 5.46. The molecule has 3 heteroatoms. The molecule has 0 saturated carbocycles. The average molecular weight is 252 g/mol. The first-order valence-corrected chi connectivity index (χ1v) is 6.51. The van der Waals surface area contributed by atoms with Crippen LogP contribution in [0.25, 0.3) is 0 Å². The molecule has 0 aliphatic carbocycles. The smallest absolute Gasteiger partial charge is 0.223 e. The Bertz CT molecular complexity index is 402. The van der Waals surface area contributed by atoms with Gasteiger partial charge < -0.3 is 4.90 Å². The summed E-state index contributed by atoms with van der Waals surface area (Å²) >= 11 is 5.86. The van der Waals surface area contributed by atoms with Gasteiger partial charge in [0.15, 0.2) is 0 Å². The molecule has 17 heavy (non-hydrogen) atoms. The third-order valence-corrected chi connectivity index (χ3v) is 4.01. The molecule has 92 valence electrons. The molecule has 0 spiro atoms. The number of amides is 1. The third-order valence-electron chi connectivity index (χ3n) is 3.58. The molecule has 1 saturated heterocycles. The number of hydrogen-bond donors (Lipinski definition) is 0. The highest BCUT2D eigenvalue weighted by Gasteiger charge is 2.39. The van der Waals surface area contributed by atoms with Gasteiger partial charge in [-0.05, 0) is 25.3 Å². The summed E-state index contributed by atoms with van der Waals surface area (Å²) in [4.78, 5) is 14.0. The van der Waals surface area contributed by atoms with E-state index in [4.69, 9.17) is 11.6 Å². The zero-order chi connectivity index (χ0) is 12.5. The van der Waals surface area contributed by atoms with Crippen molar-refractivity contribution < 1.29 is 4.79 Å². The van der Waals surface area contributed by atoms with Crippen molar-refractivity contribution in [3.8, 4) is 0 Å². The molecule has 1 aromatic carbocycles. The number of benzene rings is 1. The van der Waals surface area contributed by atoms with Gasteiger partial charge in [0, 0.05) is 18.8 Å². The van der Waals surface area contributed by atoms with Crippen LogP contribution in [0.15, 0.2) is 30.3 Å². The Labute approximate surface area is 108 Å². The SMILES string of the molecule is CC(C)(c1ccccc1)N1CC(CCl)CC1=O. The molecule has 1 aromatic rings. The molecular formula is C14H18ClNO. The van der Waals surface area contributed by atoms with E-state index in [9.17, 15) is 4.79 Å². The molecule has 1 atom stereocenters. The molecule has 0 aromatic heterocycles. The number of rotatable bonds is 3. The topological polar surface area (TPSA) is 20.3 Å². The summed E-state index contributed by atoms with van der Waals surface area (Å²) < 4.78 is 0. The van der Waals surface area contributed by atoms with Crippen molar-refractivity contribution in [3.63, 3.8) is 0 Å². The van der Waals surface area contributed by atoms with Crippen LogP contribution in [-0.4, -0.2) is 23.2 Å². The summed E-state index contributed by atoms with van der Waals surface area (Å²) in [5.41, 5.74) is 0.919. The van der Waals surface area contributed by atoms with Crippen LogP contribution in [0.1, 0.15) is 25.8 Å². The Morgan fingerprint density at radius 2 is 2.00 bits per heavy atom. The Hall–Kier alpha value is -1.02. The van der Waals surface area contributed by atoms with Gasteiger partial charge in [0.1, 0.15) is 0 Å². The summed E-state index contributed by atoms with van der Waals surface area (Å²) in [6.45, 7) is 4.96. The number of carbonyl (C=O) groups excluding carboxylic acids is 1. The first kappa shape index (κ1) is 12.4. The normalized spacial score (nSPS) is 21.0.